The van der Waals surface area contributed by atoms with Gasteiger partial charge in [-0.05, 0) is 24.1 Å². The molecule has 0 aliphatic carbocycles. The van der Waals surface area contributed by atoms with E-state index in [4.69, 9.17) is 4.74 Å². The number of methoxy groups -OCH3 is 1. The summed E-state index contributed by atoms with van der Waals surface area (Å²) in [4.78, 5) is 0. The zero-order valence-corrected chi connectivity index (χ0v) is 13.4. The zero-order chi connectivity index (χ0) is 15.3. The Morgan fingerprint density at radius 3 is 2.60 bits per heavy atom. The molecule has 2 atom stereocenters. The molecule has 0 spiro atoms. The molecule has 0 heterocycles. The second kappa shape index (κ2) is 7.17. The van der Waals surface area contributed by atoms with E-state index in [0.29, 0.717) is 11.3 Å². The molecule has 0 aliphatic heterocycles. The van der Waals surface area contributed by atoms with Crippen LogP contribution in [0.5, 0.6) is 5.75 Å². The predicted octanol–water partition coefficient (Wildman–Crippen LogP) is 1.76. The van der Waals surface area contributed by atoms with E-state index < -0.39 is 26.5 Å². The quantitative estimate of drug-likeness (QED) is 0.767. The van der Waals surface area contributed by atoms with Crippen LogP contribution in [0.15, 0.2) is 18.2 Å². The lowest BCUT2D eigenvalue weighted by Gasteiger charge is -2.12. The number of sulfone groups is 1. The second-order valence-electron chi connectivity index (χ2n) is 4.90. The minimum absolute atomic E-state index is 0.000967. The number of ether oxygens (including phenoxy) is 1. The summed E-state index contributed by atoms with van der Waals surface area (Å²) in [5, 5.41) is 0. The van der Waals surface area contributed by atoms with Gasteiger partial charge in [0, 0.05) is 28.4 Å². The fourth-order valence-electron chi connectivity index (χ4n) is 1.97. The van der Waals surface area contributed by atoms with Gasteiger partial charge in [0.2, 0.25) is 0 Å². The number of halogens is 1. The number of benzene rings is 1. The van der Waals surface area contributed by atoms with Gasteiger partial charge in [-0.1, -0.05) is 6.92 Å². The van der Waals surface area contributed by atoms with E-state index in [0.717, 1.165) is 6.26 Å². The zero-order valence-electron chi connectivity index (χ0n) is 11.8. The van der Waals surface area contributed by atoms with Crippen LogP contribution in [0.1, 0.15) is 12.5 Å². The highest BCUT2D eigenvalue weighted by Gasteiger charge is 2.15. The molecular weight excluding hydrogens is 303 g/mol. The van der Waals surface area contributed by atoms with Crippen LogP contribution in [0.2, 0.25) is 0 Å². The molecule has 1 aromatic carbocycles. The van der Waals surface area contributed by atoms with Crippen LogP contribution in [-0.2, 0) is 26.4 Å². The molecule has 114 valence electrons. The largest absolute Gasteiger partial charge is 0.496 e. The highest BCUT2D eigenvalue weighted by molar-refractivity contribution is 7.90. The van der Waals surface area contributed by atoms with Crippen molar-refractivity contribution in [3.05, 3.63) is 29.6 Å². The Bertz CT molecular complexity index is 584. The number of rotatable bonds is 7. The third kappa shape index (κ3) is 6.00. The smallest absolute Gasteiger partial charge is 0.147 e. The lowest BCUT2D eigenvalue weighted by atomic mass is 10.2. The fourth-order valence-corrected chi connectivity index (χ4v) is 4.72. The highest BCUT2D eigenvalue weighted by atomic mass is 32.2. The molecule has 0 aromatic heterocycles. The fraction of sp³-hybridized carbons (Fsp3) is 0.538. The van der Waals surface area contributed by atoms with Gasteiger partial charge < -0.3 is 4.74 Å². The van der Waals surface area contributed by atoms with Gasteiger partial charge in [0.05, 0.1) is 18.6 Å². The normalized spacial score (nSPS) is 14.8. The average Bonchev–Trinajstić information content (AvgIpc) is 2.26. The Labute approximate surface area is 121 Å². The standard InChI is InChI=1S/C13H19FO4S2/c1-10(9-20(3,16)17)7-19(15)8-11-6-12(14)4-5-13(11)18-2/h4-6,10H,7-9H2,1-3H3/t10-,19-/m0/s1. The van der Waals surface area contributed by atoms with Crippen LogP contribution < -0.4 is 4.74 Å². The Morgan fingerprint density at radius 1 is 1.40 bits per heavy atom. The molecule has 1 aromatic rings. The van der Waals surface area contributed by atoms with Gasteiger partial charge in [0.15, 0.2) is 0 Å². The lowest BCUT2D eigenvalue weighted by molar-refractivity contribution is 0.410. The van der Waals surface area contributed by atoms with Gasteiger partial charge in [-0.25, -0.2) is 12.8 Å². The summed E-state index contributed by atoms with van der Waals surface area (Å²) >= 11 is 0. The summed E-state index contributed by atoms with van der Waals surface area (Å²) in [7, 11) is -2.88. The van der Waals surface area contributed by atoms with E-state index in [1.807, 2.05) is 0 Å². The maximum atomic E-state index is 13.2. The third-order valence-corrected chi connectivity index (χ3v) is 5.36. The first-order chi connectivity index (χ1) is 9.21. The monoisotopic (exact) mass is 322 g/mol. The Morgan fingerprint density at radius 2 is 2.05 bits per heavy atom. The lowest BCUT2D eigenvalue weighted by Crippen LogP contribution is -2.18. The summed E-state index contributed by atoms with van der Waals surface area (Å²) in [6.45, 7) is 1.74. The summed E-state index contributed by atoms with van der Waals surface area (Å²) in [6.07, 6.45) is 1.15. The van der Waals surface area contributed by atoms with Crippen molar-refractivity contribution in [2.45, 2.75) is 12.7 Å². The molecule has 0 bridgehead atoms. The van der Waals surface area contributed by atoms with Crippen LogP contribution in [0.25, 0.3) is 0 Å². The van der Waals surface area contributed by atoms with Gasteiger partial charge in [0.1, 0.15) is 21.4 Å². The van der Waals surface area contributed by atoms with Crippen molar-refractivity contribution in [3.8, 4) is 5.75 Å². The van der Waals surface area contributed by atoms with Crippen LogP contribution >= 0.6 is 0 Å². The predicted molar refractivity (Wildman–Crippen MR) is 78.5 cm³/mol. The van der Waals surface area contributed by atoms with Crippen molar-refractivity contribution in [2.24, 2.45) is 5.92 Å². The maximum absolute atomic E-state index is 13.2. The molecule has 1 rings (SSSR count). The summed E-state index contributed by atoms with van der Waals surface area (Å²) in [6, 6.07) is 4.05. The minimum Gasteiger partial charge on any atom is -0.496 e. The SMILES string of the molecule is COc1ccc(F)cc1C[S@@](=O)C[C@H](C)CS(C)(=O)=O. The van der Waals surface area contributed by atoms with Crippen LogP contribution in [0.3, 0.4) is 0 Å². The first kappa shape index (κ1) is 17.1. The number of hydrogen-bond donors (Lipinski definition) is 0. The van der Waals surface area contributed by atoms with Gasteiger partial charge in [-0.2, -0.15) is 0 Å². The molecule has 0 saturated heterocycles. The minimum atomic E-state index is -3.08. The first-order valence-electron chi connectivity index (χ1n) is 6.06. The van der Waals surface area contributed by atoms with Gasteiger partial charge >= 0.3 is 0 Å². The van der Waals surface area contributed by atoms with Crippen LogP contribution in [-0.4, -0.2) is 37.5 Å². The topological polar surface area (TPSA) is 60.4 Å². The molecule has 7 heteroatoms. The molecule has 0 amide bonds. The van der Waals surface area contributed by atoms with Gasteiger partial charge in [-0.15, -0.1) is 0 Å². The summed E-state index contributed by atoms with van der Waals surface area (Å²) in [5.41, 5.74) is 0.525. The number of hydrogen-bond acceptors (Lipinski definition) is 4. The molecule has 0 N–H and O–H groups in total. The van der Waals surface area contributed by atoms with Crippen molar-refractivity contribution in [1.29, 1.82) is 0 Å². The van der Waals surface area contributed by atoms with E-state index in [-0.39, 0.29) is 23.2 Å². The van der Waals surface area contributed by atoms with Crippen molar-refractivity contribution in [3.63, 3.8) is 0 Å². The Balaban J connectivity index is 2.69. The second-order valence-corrected chi connectivity index (χ2v) is 8.59. The molecule has 20 heavy (non-hydrogen) atoms. The van der Waals surface area contributed by atoms with Crippen molar-refractivity contribution in [2.75, 3.05) is 24.9 Å². The molecule has 0 radical (unpaired) electrons. The summed E-state index contributed by atoms with van der Waals surface area (Å²) < 4.78 is 52.6. The van der Waals surface area contributed by atoms with E-state index in [1.54, 1.807) is 6.92 Å². The molecule has 0 fully saturated rings. The van der Waals surface area contributed by atoms with Crippen molar-refractivity contribution in [1.82, 2.24) is 0 Å². The van der Waals surface area contributed by atoms with Gasteiger partial charge in [0.25, 0.3) is 0 Å². The van der Waals surface area contributed by atoms with E-state index >= 15 is 0 Å². The molecule has 0 saturated carbocycles. The maximum Gasteiger partial charge on any atom is 0.147 e. The average molecular weight is 322 g/mol. The molecule has 4 nitrogen and oxygen atoms in total. The van der Waals surface area contributed by atoms with E-state index in [1.165, 1.54) is 25.3 Å². The summed E-state index contributed by atoms with van der Waals surface area (Å²) in [5.74, 6) is 0.267. The third-order valence-electron chi connectivity index (χ3n) is 2.62. The van der Waals surface area contributed by atoms with Crippen LogP contribution in [0.4, 0.5) is 4.39 Å². The highest BCUT2D eigenvalue weighted by Crippen LogP contribution is 2.21. The Hall–Kier alpha value is -0.950. The van der Waals surface area contributed by atoms with E-state index in [2.05, 4.69) is 0 Å². The van der Waals surface area contributed by atoms with Crippen molar-refractivity contribution >= 4 is 20.6 Å². The molecule has 0 unspecified atom stereocenters. The first-order valence-corrected chi connectivity index (χ1v) is 9.61. The molecular formula is C13H19FO4S2. The van der Waals surface area contributed by atoms with Crippen molar-refractivity contribution < 1.29 is 21.8 Å². The Kier molecular flexibility index (Phi) is 6.13. The molecule has 0 aliphatic rings. The van der Waals surface area contributed by atoms with Crippen LogP contribution in [0, 0.1) is 11.7 Å². The van der Waals surface area contributed by atoms with E-state index in [9.17, 15) is 17.0 Å². The van der Waals surface area contributed by atoms with Gasteiger partial charge in [-0.3, -0.25) is 4.21 Å².